The first-order valence-electron chi connectivity index (χ1n) is 5.61. The van der Waals surface area contributed by atoms with Crippen LogP contribution in [0.15, 0.2) is 18.2 Å². The van der Waals surface area contributed by atoms with E-state index in [9.17, 15) is 8.42 Å². The maximum absolute atomic E-state index is 11.3. The Morgan fingerprint density at radius 1 is 1.35 bits per heavy atom. The molecule has 0 bridgehead atoms. The molecule has 0 aliphatic rings. The molecule has 1 rings (SSSR count). The molecule has 4 nitrogen and oxygen atoms in total. The van der Waals surface area contributed by atoms with Gasteiger partial charge in [0.05, 0.1) is 12.4 Å². The molecular weight excluding hydrogens is 238 g/mol. The van der Waals surface area contributed by atoms with Gasteiger partial charge in [-0.05, 0) is 24.6 Å². The van der Waals surface area contributed by atoms with Crippen molar-refractivity contribution in [2.75, 3.05) is 18.6 Å². The van der Waals surface area contributed by atoms with Crippen molar-refractivity contribution in [2.24, 2.45) is 0 Å². The van der Waals surface area contributed by atoms with Crippen molar-refractivity contribution in [3.05, 3.63) is 23.8 Å². The van der Waals surface area contributed by atoms with Gasteiger partial charge in [-0.2, -0.15) is 0 Å². The van der Waals surface area contributed by atoms with E-state index in [1.165, 1.54) is 6.26 Å². The van der Waals surface area contributed by atoms with Crippen molar-refractivity contribution in [1.82, 2.24) is 0 Å². The average Bonchev–Trinajstić information content (AvgIpc) is 2.19. The first kappa shape index (κ1) is 13.8. The topological polar surface area (TPSA) is 69.4 Å². The minimum absolute atomic E-state index is 0.0422. The summed E-state index contributed by atoms with van der Waals surface area (Å²) in [4.78, 5) is 0. The second kappa shape index (κ2) is 5.91. The lowest BCUT2D eigenvalue weighted by atomic mass is 10.2. The van der Waals surface area contributed by atoms with Gasteiger partial charge >= 0.3 is 0 Å². The lowest BCUT2D eigenvalue weighted by Gasteiger charge is -2.11. The number of hydrogen-bond donors (Lipinski definition) is 1. The van der Waals surface area contributed by atoms with Crippen LogP contribution in [0.4, 0.5) is 5.69 Å². The van der Waals surface area contributed by atoms with E-state index in [4.69, 9.17) is 10.5 Å². The van der Waals surface area contributed by atoms with Crippen LogP contribution in [0, 0.1) is 0 Å². The monoisotopic (exact) mass is 257 g/mol. The van der Waals surface area contributed by atoms with Gasteiger partial charge in [-0.3, -0.25) is 0 Å². The number of unbranched alkanes of at least 4 members (excludes halogenated alkanes) is 1. The van der Waals surface area contributed by atoms with Gasteiger partial charge in [-0.15, -0.1) is 0 Å². The third-order valence-corrected chi connectivity index (χ3v) is 3.09. The average molecular weight is 257 g/mol. The molecular formula is C12H19NO3S. The van der Waals surface area contributed by atoms with Crippen molar-refractivity contribution in [3.8, 4) is 5.75 Å². The third kappa shape index (κ3) is 5.08. The summed E-state index contributed by atoms with van der Waals surface area (Å²) in [6.07, 6.45) is 3.19. The van der Waals surface area contributed by atoms with E-state index in [0.29, 0.717) is 23.6 Å². The maximum atomic E-state index is 11.3. The molecule has 0 fully saturated rings. The number of hydrogen-bond acceptors (Lipinski definition) is 4. The molecule has 0 atom stereocenters. The van der Waals surface area contributed by atoms with Crippen molar-refractivity contribution in [1.29, 1.82) is 0 Å². The molecule has 0 unspecified atom stereocenters. The number of ether oxygens (including phenoxy) is 1. The van der Waals surface area contributed by atoms with Gasteiger partial charge in [0.1, 0.15) is 5.75 Å². The fourth-order valence-corrected chi connectivity index (χ4v) is 2.25. The number of sulfone groups is 1. The van der Waals surface area contributed by atoms with Crippen molar-refractivity contribution in [2.45, 2.75) is 25.5 Å². The lowest BCUT2D eigenvalue weighted by molar-refractivity contribution is 0.307. The summed E-state index contributed by atoms with van der Waals surface area (Å²) in [5, 5.41) is 0. The second-order valence-corrected chi connectivity index (χ2v) is 6.28. The minimum Gasteiger partial charge on any atom is -0.493 e. The van der Waals surface area contributed by atoms with E-state index in [1.54, 1.807) is 18.2 Å². The molecule has 0 aliphatic heterocycles. The Balaban J connectivity index is 2.88. The highest BCUT2D eigenvalue weighted by Gasteiger charge is 2.10. The Kier molecular flexibility index (Phi) is 4.81. The van der Waals surface area contributed by atoms with E-state index < -0.39 is 9.84 Å². The fraction of sp³-hybridized carbons (Fsp3) is 0.500. The molecule has 0 aliphatic carbocycles. The highest BCUT2D eigenvalue weighted by Crippen LogP contribution is 2.23. The molecule has 96 valence electrons. The van der Waals surface area contributed by atoms with E-state index in [2.05, 4.69) is 6.92 Å². The van der Waals surface area contributed by atoms with E-state index in [-0.39, 0.29) is 5.75 Å². The molecule has 17 heavy (non-hydrogen) atoms. The summed E-state index contributed by atoms with van der Waals surface area (Å²) >= 11 is 0. The lowest BCUT2D eigenvalue weighted by Crippen LogP contribution is -2.05. The summed E-state index contributed by atoms with van der Waals surface area (Å²) in [6.45, 7) is 2.67. The predicted octanol–water partition coefficient (Wildman–Crippen LogP) is 1.99. The highest BCUT2D eigenvalue weighted by atomic mass is 32.2. The van der Waals surface area contributed by atoms with Gasteiger partial charge in [0.15, 0.2) is 9.84 Å². The van der Waals surface area contributed by atoms with Crippen molar-refractivity contribution >= 4 is 15.5 Å². The smallest absolute Gasteiger partial charge is 0.151 e. The zero-order chi connectivity index (χ0) is 12.9. The van der Waals surface area contributed by atoms with E-state index >= 15 is 0 Å². The summed E-state index contributed by atoms with van der Waals surface area (Å²) < 4.78 is 28.2. The number of rotatable bonds is 6. The fourth-order valence-electron chi connectivity index (χ4n) is 1.46. The van der Waals surface area contributed by atoms with Crippen LogP contribution in [0.25, 0.3) is 0 Å². The van der Waals surface area contributed by atoms with Gasteiger partial charge in [-0.25, -0.2) is 8.42 Å². The molecule has 0 heterocycles. The molecule has 2 N–H and O–H groups in total. The first-order chi connectivity index (χ1) is 7.92. The summed E-state index contributed by atoms with van der Waals surface area (Å²) in [5.41, 5.74) is 6.83. The molecule has 0 amide bonds. The Labute approximate surface area is 103 Å². The largest absolute Gasteiger partial charge is 0.493 e. The maximum Gasteiger partial charge on any atom is 0.151 e. The zero-order valence-electron chi connectivity index (χ0n) is 10.3. The van der Waals surface area contributed by atoms with E-state index in [0.717, 1.165) is 12.8 Å². The molecule has 0 spiro atoms. The Bertz CT molecular complexity index is 469. The van der Waals surface area contributed by atoms with Gasteiger partial charge < -0.3 is 10.5 Å². The molecule has 0 aromatic heterocycles. The summed E-state index contributed by atoms with van der Waals surface area (Å²) in [5.74, 6) is 0.567. The minimum atomic E-state index is -3.08. The number of nitrogens with two attached hydrogens (primary N) is 1. The third-order valence-electron chi connectivity index (χ3n) is 2.26. The normalized spacial score (nSPS) is 11.4. The van der Waals surface area contributed by atoms with Crippen LogP contribution in [0.1, 0.15) is 25.3 Å². The van der Waals surface area contributed by atoms with Crippen LogP contribution >= 0.6 is 0 Å². The highest BCUT2D eigenvalue weighted by molar-refractivity contribution is 7.89. The van der Waals surface area contributed by atoms with Crippen molar-refractivity contribution in [3.63, 3.8) is 0 Å². The van der Waals surface area contributed by atoms with Gasteiger partial charge in [0, 0.05) is 17.5 Å². The van der Waals surface area contributed by atoms with Crippen LogP contribution < -0.4 is 10.5 Å². The Morgan fingerprint density at radius 3 is 2.65 bits per heavy atom. The standard InChI is InChI=1S/C12H19NO3S/c1-3-4-7-16-12-6-5-11(13)8-10(12)9-17(2,14)15/h5-6,8H,3-4,7,9,13H2,1-2H3. The Morgan fingerprint density at radius 2 is 2.06 bits per heavy atom. The van der Waals surface area contributed by atoms with Crippen LogP contribution in [-0.2, 0) is 15.6 Å². The molecule has 1 aromatic rings. The second-order valence-electron chi connectivity index (χ2n) is 4.14. The molecule has 0 saturated heterocycles. The molecule has 0 radical (unpaired) electrons. The van der Waals surface area contributed by atoms with Crippen molar-refractivity contribution < 1.29 is 13.2 Å². The number of anilines is 1. The zero-order valence-corrected chi connectivity index (χ0v) is 11.1. The SMILES string of the molecule is CCCCOc1ccc(N)cc1CS(C)(=O)=O. The van der Waals surface area contributed by atoms with E-state index in [1.807, 2.05) is 0 Å². The predicted molar refractivity (Wildman–Crippen MR) is 69.8 cm³/mol. The number of benzene rings is 1. The van der Waals surface area contributed by atoms with Gasteiger partial charge in [0.25, 0.3) is 0 Å². The van der Waals surface area contributed by atoms with Crippen LogP contribution in [0.5, 0.6) is 5.75 Å². The quantitative estimate of drug-likeness (QED) is 0.625. The summed E-state index contributed by atoms with van der Waals surface area (Å²) in [6, 6.07) is 5.10. The summed E-state index contributed by atoms with van der Waals surface area (Å²) in [7, 11) is -3.08. The van der Waals surface area contributed by atoms with Gasteiger partial charge in [0.2, 0.25) is 0 Å². The number of nitrogen functional groups attached to an aromatic ring is 1. The molecule has 1 aromatic carbocycles. The van der Waals surface area contributed by atoms with Crippen LogP contribution in [0.3, 0.4) is 0 Å². The first-order valence-corrected chi connectivity index (χ1v) is 7.67. The Hall–Kier alpha value is -1.23. The molecule has 5 heteroatoms. The van der Waals surface area contributed by atoms with Crippen LogP contribution in [-0.4, -0.2) is 21.3 Å². The van der Waals surface area contributed by atoms with Crippen LogP contribution in [0.2, 0.25) is 0 Å². The molecule has 0 saturated carbocycles. The van der Waals surface area contributed by atoms with Gasteiger partial charge in [-0.1, -0.05) is 13.3 Å².